The summed E-state index contributed by atoms with van der Waals surface area (Å²) in [6, 6.07) is 0. The Kier molecular flexibility index (Phi) is 20.2. The molecule has 16 heteroatoms. The number of carbonyl (C=O) groups excluding carboxylic acids is 6. The van der Waals surface area contributed by atoms with Crippen LogP contribution in [0, 0.1) is 0 Å². The highest BCUT2D eigenvalue weighted by molar-refractivity contribution is 5.90. The van der Waals surface area contributed by atoms with E-state index in [0.29, 0.717) is 12.8 Å². The van der Waals surface area contributed by atoms with Gasteiger partial charge in [0, 0.05) is 41.0 Å². The molecule has 0 aromatic rings. The summed E-state index contributed by atoms with van der Waals surface area (Å²) in [6.45, 7) is -1.99. The summed E-state index contributed by atoms with van der Waals surface area (Å²) in [4.78, 5) is 97.6. The average molecular weight is 629 g/mol. The molecule has 0 heterocycles. The van der Waals surface area contributed by atoms with Crippen LogP contribution in [0.1, 0.15) is 64.2 Å². The lowest BCUT2D eigenvalue weighted by Gasteiger charge is -2.21. The Morgan fingerprint density at radius 3 is 1.00 bits per heavy atom. The number of hydrogen-bond acceptors (Lipinski definition) is 8. The maximum atomic E-state index is 12.1. The van der Waals surface area contributed by atoms with Gasteiger partial charge in [0.25, 0.3) is 0 Å². The minimum atomic E-state index is -1.16. The second-order valence-corrected chi connectivity index (χ2v) is 10.7. The van der Waals surface area contributed by atoms with Crippen LogP contribution >= 0.6 is 0 Å². The summed E-state index contributed by atoms with van der Waals surface area (Å²) in [5, 5.41) is 22.5. The van der Waals surface area contributed by atoms with Crippen molar-refractivity contribution in [3.8, 4) is 0 Å². The van der Waals surface area contributed by atoms with E-state index in [9.17, 15) is 38.4 Å². The van der Waals surface area contributed by atoms with Crippen molar-refractivity contribution < 1.29 is 48.6 Å². The Bertz CT molecular complexity index is 927. The third-order valence-corrected chi connectivity index (χ3v) is 6.62. The molecule has 0 bridgehead atoms. The van der Waals surface area contributed by atoms with E-state index >= 15 is 0 Å². The standard InChI is InChI=1S/C28H48N6O10/c1-31(17-25(39)33(3)19-27(41)42)23(37)15-29-21(35)13-11-9-7-5-6-8-10-12-14-22(36)30-16-24(38)32(2)18-26(40)34(4)20-28(43)44/h5-20H2,1-4H3,(H,29,35)(H,30,36)(H,41,42)(H,43,44). The molecule has 0 aromatic carbocycles. The van der Waals surface area contributed by atoms with Gasteiger partial charge in [0.05, 0.1) is 26.2 Å². The molecule has 4 N–H and O–H groups in total. The van der Waals surface area contributed by atoms with Crippen molar-refractivity contribution in [1.29, 1.82) is 0 Å². The second kappa shape index (κ2) is 22.3. The van der Waals surface area contributed by atoms with Crippen LogP contribution in [0.4, 0.5) is 0 Å². The van der Waals surface area contributed by atoms with Gasteiger partial charge in [-0.2, -0.15) is 0 Å². The molecule has 0 aliphatic rings. The quantitative estimate of drug-likeness (QED) is 0.103. The number of hydrogen-bond donors (Lipinski definition) is 4. The van der Waals surface area contributed by atoms with Gasteiger partial charge in [-0.3, -0.25) is 38.4 Å². The summed E-state index contributed by atoms with van der Waals surface area (Å²) in [5.41, 5.74) is 0. The molecular formula is C28H48N6O10. The van der Waals surface area contributed by atoms with E-state index in [-0.39, 0.29) is 50.8 Å². The van der Waals surface area contributed by atoms with Crippen molar-refractivity contribution in [1.82, 2.24) is 30.2 Å². The summed E-state index contributed by atoms with van der Waals surface area (Å²) >= 11 is 0. The number of carboxylic acid groups (broad SMARTS) is 2. The highest BCUT2D eigenvalue weighted by atomic mass is 16.4. The van der Waals surface area contributed by atoms with Gasteiger partial charge in [-0.1, -0.05) is 38.5 Å². The number of carbonyl (C=O) groups is 8. The minimum Gasteiger partial charge on any atom is -0.480 e. The molecule has 0 fully saturated rings. The van der Waals surface area contributed by atoms with Gasteiger partial charge in [-0.25, -0.2) is 0 Å². The maximum absolute atomic E-state index is 12.1. The Hall–Kier alpha value is -4.24. The Morgan fingerprint density at radius 1 is 0.432 bits per heavy atom. The molecule has 0 aliphatic carbocycles. The summed E-state index contributed by atoms with van der Waals surface area (Å²) in [7, 11) is 5.47. The van der Waals surface area contributed by atoms with Crippen molar-refractivity contribution in [2.75, 3.05) is 67.5 Å². The fraction of sp³-hybridized carbons (Fsp3) is 0.714. The van der Waals surface area contributed by atoms with Crippen LogP contribution in [0.5, 0.6) is 0 Å². The maximum Gasteiger partial charge on any atom is 0.323 e. The first-order chi connectivity index (χ1) is 20.6. The molecule has 44 heavy (non-hydrogen) atoms. The normalized spacial score (nSPS) is 10.4. The molecule has 0 saturated carbocycles. The van der Waals surface area contributed by atoms with E-state index in [1.54, 1.807) is 0 Å². The van der Waals surface area contributed by atoms with E-state index in [4.69, 9.17) is 10.2 Å². The predicted molar refractivity (Wildman–Crippen MR) is 158 cm³/mol. The van der Waals surface area contributed by atoms with Gasteiger partial charge < -0.3 is 40.4 Å². The average Bonchev–Trinajstić information content (AvgIpc) is 2.94. The van der Waals surface area contributed by atoms with E-state index in [2.05, 4.69) is 10.6 Å². The van der Waals surface area contributed by atoms with Gasteiger partial charge in [0.1, 0.15) is 13.1 Å². The van der Waals surface area contributed by atoms with Crippen molar-refractivity contribution in [2.45, 2.75) is 64.2 Å². The molecule has 0 atom stereocenters. The van der Waals surface area contributed by atoms with Gasteiger partial charge in [0.15, 0.2) is 0 Å². The number of amides is 6. The van der Waals surface area contributed by atoms with Gasteiger partial charge >= 0.3 is 11.9 Å². The molecule has 250 valence electrons. The number of nitrogens with zero attached hydrogens (tertiary/aromatic N) is 4. The Balaban J connectivity index is 3.84. The Labute approximate surface area is 258 Å². The number of rotatable bonds is 23. The van der Waals surface area contributed by atoms with Crippen molar-refractivity contribution in [3.05, 3.63) is 0 Å². The topological polar surface area (TPSA) is 214 Å². The van der Waals surface area contributed by atoms with Crippen LogP contribution in [0.25, 0.3) is 0 Å². The lowest BCUT2D eigenvalue weighted by molar-refractivity contribution is -0.145. The molecular weight excluding hydrogens is 580 g/mol. The number of unbranched alkanes of at least 4 members (excludes halogenated alkanes) is 7. The molecule has 6 amide bonds. The highest BCUT2D eigenvalue weighted by Crippen LogP contribution is 2.10. The van der Waals surface area contributed by atoms with Gasteiger partial charge in [-0.15, -0.1) is 0 Å². The van der Waals surface area contributed by atoms with Crippen molar-refractivity contribution in [2.24, 2.45) is 0 Å². The molecule has 0 saturated heterocycles. The molecule has 0 rings (SSSR count). The zero-order valence-electron chi connectivity index (χ0n) is 26.3. The highest BCUT2D eigenvalue weighted by Gasteiger charge is 2.19. The fourth-order valence-electron chi connectivity index (χ4n) is 3.83. The largest absolute Gasteiger partial charge is 0.480 e. The summed E-state index contributed by atoms with van der Waals surface area (Å²) in [5.74, 6) is -4.79. The lowest BCUT2D eigenvalue weighted by Crippen LogP contribution is -2.44. The van der Waals surface area contributed by atoms with Crippen LogP contribution in [-0.2, 0) is 38.4 Å². The zero-order valence-corrected chi connectivity index (χ0v) is 26.3. The minimum absolute atomic E-state index is 0.244. The molecule has 0 aliphatic heterocycles. The van der Waals surface area contributed by atoms with E-state index < -0.39 is 48.7 Å². The van der Waals surface area contributed by atoms with Crippen LogP contribution in [0.3, 0.4) is 0 Å². The molecule has 16 nitrogen and oxygen atoms in total. The van der Waals surface area contributed by atoms with Gasteiger partial charge in [-0.05, 0) is 12.8 Å². The third kappa shape index (κ3) is 19.8. The number of carboxylic acids is 2. The lowest BCUT2D eigenvalue weighted by atomic mass is 10.1. The SMILES string of the molecule is CN(CC(=O)O)C(=O)CN(C)C(=O)CNC(=O)CCCCCCCCCCC(=O)NCC(=O)N(C)CC(=O)N(C)CC(=O)O. The fourth-order valence-corrected chi connectivity index (χ4v) is 3.83. The Morgan fingerprint density at radius 2 is 0.705 bits per heavy atom. The van der Waals surface area contributed by atoms with Crippen molar-refractivity contribution in [3.63, 3.8) is 0 Å². The van der Waals surface area contributed by atoms with E-state index in [0.717, 1.165) is 58.1 Å². The second-order valence-electron chi connectivity index (χ2n) is 10.7. The summed E-state index contributed by atoms with van der Waals surface area (Å²) in [6.07, 6.45) is 7.51. The first kappa shape index (κ1) is 39.8. The molecule has 0 radical (unpaired) electrons. The third-order valence-electron chi connectivity index (χ3n) is 6.62. The first-order valence-corrected chi connectivity index (χ1v) is 14.6. The van der Waals surface area contributed by atoms with Crippen LogP contribution in [0.2, 0.25) is 0 Å². The predicted octanol–water partition coefficient (Wildman–Crippen LogP) is -0.877. The number of likely N-dealkylation sites (N-methyl/N-ethyl adjacent to an activating group) is 4. The van der Waals surface area contributed by atoms with E-state index in [1.807, 2.05) is 0 Å². The smallest absolute Gasteiger partial charge is 0.323 e. The summed E-state index contributed by atoms with van der Waals surface area (Å²) < 4.78 is 0. The van der Waals surface area contributed by atoms with Crippen LogP contribution < -0.4 is 10.6 Å². The monoisotopic (exact) mass is 628 g/mol. The van der Waals surface area contributed by atoms with Crippen molar-refractivity contribution >= 4 is 47.4 Å². The molecule has 0 unspecified atom stereocenters. The van der Waals surface area contributed by atoms with Crippen LogP contribution in [-0.4, -0.2) is 145 Å². The first-order valence-electron chi connectivity index (χ1n) is 14.6. The number of nitrogens with one attached hydrogen (secondary N) is 2. The van der Waals surface area contributed by atoms with E-state index in [1.165, 1.54) is 28.2 Å². The van der Waals surface area contributed by atoms with Gasteiger partial charge in [0.2, 0.25) is 35.4 Å². The zero-order chi connectivity index (χ0) is 33.7. The number of aliphatic carboxylic acids is 2. The molecule has 0 aromatic heterocycles. The molecule has 0 spiro atoms. The van der Waals surface area contributed by atoms with Crippen LogP contribution in [0.15, 0.2) is 0 Å².